The lowest BCUT2D eigenvalue weighted by Gasteiger charge is -2.15. The summed E-state index contributed by atoms with van der Waals surface area (Å²) in [5.41, 5.74) is 1.85. The summed E-state index contributed by atoms with van der Waals surface area (Å²) < 4.78 is 4.53. The van der Waals surface area contributed by atoms with E-state index in [0.29, 0.717) is 0 Å². The summed E-state index contributed by atoms with van der Waals surface area (Å²) in [6.07, 6.45) is 0. The van der Waals surface area contributed by atoms with Gasteiger partial charge in [-0.05, 0) is 19.9 Å². The number of aromatic hydroxyl groups is 1. The van der Waals surface area contributed by atoms with Gasteiger partial charge in [-0.25, -0.2) is 0 Å². The Labute approximate surface area is 95.2 Å². The van der Waals surface area contributed by atoms with E-state index >= 15 is 0 Å². The van der Waals surface area contributed by atoms with Crippen molar-refractivity contribution in [3.05, 3.63) is 29.3 Å². The van der Waals surface area contributed by atoms with E-state index in [1.54, 1.807) is 6.07 Å². The number of ether oxygens (including phenoxy) is 1. The number of benzene rings is 1. The van der Waals surface area contributed by atoms with Gasteiger partial charge in [0.05, 0.1) is 13.7 Å². The molecule has 0 aromatic heterocycles. The summed E-state index contributed by atoms with van der Waals surface area (Å²) in [6, 6.07) is 5.29. The fourth-order valence-corrected chi connectivity index (χ4v) is 1.44. The number of methoxy groups -OCH3 is 1. The number of aryl methyl sites for hydroxylation is 1. The van der Waals surface area contributed by atoms with Crippen molar-refractivity contribution in [2.24, 2.45) is 0 Å². The molecule has 88 valence electrons. The Morgan fingerprint density at radius 1 is 1.56 bits per heavy atom. The zero-order valence-electron chi connectivity index (χ0n) is 9.78. The maximum atomic E-state index is 11.0. The van der Waals surface area contributed by atoms with Crippen LogP contribution in [-0.4, -0.2) is 24.7 Å². The third kappa shape index (κ3) is 3.24. The van der Waals surface area contributed by atoms with Crippen LogP contribution in [0.25, 0.3) is 0 Å². The Bertz CT molecular complexity index is 377. The largest absolute Gasteiger partial charge is 0.508 e. The number of carbonyl (C=O) groups excluding carboxylic acids is 1. The zero-order chi connectivity index (χ0) is 12.1. The van der Waals surface area contributed by atoms with Crippen LogP contribution >= 0.6 is 0 Å². The Morgan fingerprint density at radius 2 is 2.25 bits per heavy atom. The molecule has 0 amide bonds. The molecule has 0 saturated heterocycles. The number of esters is 1. The average molecular weight is 223 g/mol. The van der Waals surface area contributed by atoms with E-state index in [2.05, 4.69) is 10.1 Å². The molecule has 0 radical (unpaired) electrons. The van der Waals surface area contributed by atoms with Gasteiger partial charge < -0.3 is 15.2 Å². The van der Waals surface area contributed by atoms with Gasteiger partial charge in [-0.2, -0.15) is 0 Å². The van der Waals surface area contributed by atoms with Crippen molar-refractivity contribution in [2.45, 2.75) is 19.9 Å². The average Bonchev–Trinajstić information content (AvgIpc) is 2.28. The topological polar surface area (TPSA) is 58.6 Å². The van der Waals surface area contributed by atoms with Gasteiger partial charge in [0.1, 0.15) is 5.75 Å². The number of rotatable bonds is 4. The maximum absolute atomic E-state index is 11.0. The second-order valence-electron chi connectivity index (χ2n) is 3.74. The molecule has 1 atom stereocenters. The summed E-state index contributed by atoms with van der Waals surface area (Å²) in [4.78, 5) is 11.0. The fraction of sp³-hybridized carbons (Fsp3) is 0.417. The first kappa shape index (κ1) is 12.5. The highest BCUT2D eigenvalue weighted by Crippen LogP contribution is 2.24. The van der Waals surface area contributed by atoms with E-state index in [1.807, 2.05) is 26.0 Å². The Kier molecular flexibility index (Phi) is 4.31. The molecule has 0 bridgehead atoms. The highest BCUT2D eigenvalue weighted by Gasteiger charge is 2.11. The number of carbonyl (C=O) groups is 1. The van der Waals surface area contributed by atoms with Crippen LogP contribution in [0.2, 0.25) is 0 Å². The summed E-state index contributed by atoms with van der Waals surface area (Å²) in [7, 11) is 1.35. The number of nitrogens with one attached hydrogen (secondary N) is 1. The number of phenolic OH excluding ortho intramolecular Hbond substituents is 1. The second kappa shape index (κ2) is 5.51. The quantitative estimate of drug-likeness (QED) is 0.760. The molecule has 0 spiro atoms. The van der Waals surface area contributed by atoms with Gasteiger partial charge in [0.15, 0.2) is 0 Å². The van der Waals surface area contributed by atoms with Crippen LogP contribution in [0.4, 0.5) is 0 Å². The van der Waals surface area contributed by atoms with Gasteiger partial charge >= 0.3 is 5.97 Å². The van der Waals surface area contributed by atoms with Gasteiger partial charge in [0.2, 0.25) is 0 Å². The standard InChI is InChI=1S/C12H17NO3/c1-8-4-5-11(14)10(6-8)9(2)13-7-12(15)16-3/h4-6,9,13-14H,7H2,1-3H3. The minimum atomic E-state index is -0.320. The van der Waals surface area contributed by atoms with Crippen molar-refractivity contribution in [1.82, 2.24) is 5.32 Å². The lowest BCUT2D eigenvalue weighted by atomic mass is 10.0. The molecule has 1 aromatic rings. The second-order valence-corrected chi connectivity index (χ2v) is 3.74. The van der Waals surface area contributed by atoms with Crippen molar-refractivity contribution in [3.63, 3.8) is 0 Å². The van der Waals surface area contributed by atoms with Gasteiger partial charge in [-0.1, -0.05) is 17.7 Å². The first-order chi connectivity index (χ1) is 7.54. The van der Waals surface area contributed by atoms with Crippen LogP contribution in [0.3, 0.4) is 0 Å². The molecule has 0 aliphatic rings. The van der Waals surface area contributed by atoms with E-state index in [9.17, 15) is 9.90 Å². The van der Waals surface area contributed by atoms with Gasteiger partial charge in [0, 0.05) is 11.6 Å². The third-order valence-electron chi connectivity index (χ3n) is 2.43. The number of hydrogen-bond acceptors (Lipinski definition) is 4. The molecule has 1 rings (SSSR count). The molecular weight excluding hydrogens is 206 g/mol. The van der Waals surface area contributed by atoms with E-state index in [0.717, 1.165) is 11.1 Å². The molecular formula is C12H17NO3. The molecule has 0 aliphatic heterocycles. The van der Waals surface area contributed by atoms with Crippen LogP contribution in [0.5, 0.6) is 5.75 Å². The number of phenols is 1. The fourth-order valence-electron chi connectivity index (χ4n) is 1.44. The van der Waals surface area contributed by atoms with E-state index in [4.69, 9.17) is 0 Å². The van der Waals surface area contributed by atoms with E-state index < -0.39 is 0 Å². The summed E-state index contributed by atoms with van der Waals surface area (Å²) in [5, 5.41) is 12.7. The van der Waals surface area contributed by atoms with Crippen molar-refractivity contribution in [1.29, 1.82) is 0 Å². The van der Waals surface area contributed by atoms with Gasteiger partial charge in [0.25, 0.3) is 0 Å². The minimum absolute atomic E-state index is 0.0981. The summed E-state index contributed by atoms with van der Waals surface area (Å²) in [6.45, 7) is 3.97. The van der Waals surface area contributed by atoms with Crippen LogP contribution in [-0.2, 0) is 9.53 Å². The first-order valence-corrected chi connectivity index (χ1v) is 5.14. The minimum Gasteiger partial charge on any atom is -0.508 e. The van der Waals surface area contributed by atoms with E-state index in [-0.39, 0.29) is 24.3 Å². The Balaban J connectivity index is 2.68. The van der Waals surface area contributed by atoms with Gasteiger partial charge in [-0.3, -0.25) is 4.79 Å². The van der Waals surface area contributed by atoms with Crippen LogP contribution < -0.4 is 5.32 Å². The number of hydrogen-bond donors (Lipinski definition) is 2. The molecule has 0 fully saturated rings. The highest BCUT2D eigenvalue weighted by atomic mass is 16.5. The lowest BCUT2D eigenvalue weighted by Crippen LogP contribution is -2.26. The lowest BCUT2D eigenvalue weighted by molar-refractivity contribution is -0.139. The highest BCUT2D eigenvalue weighted by molar-refractivity contribution is 5.71. The molecule has 1 aromatic carbocycles. The smallest absolute Gasteiger partial charge is 0.319 e. The Morgan fingerprint density at radius 3 is 2.88 bits per heavy atom. The third-order valence-corrected chi connectivity index (χ3v) is 2.43. The van der Waals surface area contributed by atoms with Crippen LogP contribution in [0, 0.1) is 6.92 Å². The van der Waals surface area contributed by atoms with Crippen molar-refractivity contribution in [2.75, 3.05) is 13.7 Å². The predicted molar refractivity (Wildman–Crippen MR) is 61.3 cm³/mol. The normalized spacial score (nSPS) is 12.2. The summed E-state index contributed by atoms with van der Waals surface area (Å²) >= 11 is 0. The molecule has 0 saturated carbocycles. The van der Waals surface area contributed by atoms with Crippen LogP contribution in [0.15, 0.2) is 18.2 Å². The maximum Gasteiger partial charge on any atom is 0.319 e. The zero-order valence-corrected chi connectivity index (χ0v) is 9.78. The van der Waals surface area contributed by atoms with Crippen molar-refractivity contribution >= 4 is 5.97 Å². The molecule has 0 heterocycles. The molecule has 2 N–H and O–H groups in total. The van der Waals surface area contributed by atoms with Crippen molar-refractivity contribution < 1.29 is 14.6 Å². The SMILES string of the molecule is COC(=O)CNC(C)c1cc(C)ccc1O. The summed E-state index contributed by atoms with van der Waals surface area (Å²) in [5.74, 6) is -0.0885. The first-order valence-electron chi connectivity index (χ1n) is 5.14. The molecule has 16 heavy (non-hydrogen) atoms. The van der Waals surface area contributed by atoms with Gasteiger partial charge in [-0.15, -0.1) is 0 Å². The van der Waals surface area contributed by atoms with E-state index in [1.165, 1.54) is 7.11 Å². The molecule has 0 aliphatic carbocycles. The molecule has 4 nitrogen and oxygen atoms in total. The molecule has 1 unspecified atom stereocenters. The molecule has 4 heteroatoms. The Hall–Kier alpha value is -1.55. The predicted octanol–water partition coefficient (Wildman–Crippen LogP) is 1.52. The monoisotopic (exact) mass is 223 g/mol. The van der Waals surface area contributed by atoms with Crippen molar-refractivity contribution in [3.8, 4) is 5.75 Å². The van der Waals surface area contributed by atoms with Crippen LogP contribution in [0.1, 0.15) is 24.1 Å².